The number of hydrogen-bond donors (Lipinski definition) is 1. The maximum atomic E-state index is 14.9. The molecule has 5 aromatic carbocycles. The van der Waals surface area contributed by atoms with Crippen molar-refractivity contribution in [1.82, 2.24) is 5.32 Å². The predicted molar refractivity (Wildman–Crippen MR) is 364 cm³/mol. The highest BCUT2D eigenvalue weighted by molar-refractivity contribution is 5.76. The van der Waals surface area contributed by atoms with Gasteiger partial charge in [-0.3, -0.25) is 9.59 Å². The minimum absolute atomic E-state index is 0.0983. The minimum Gasteiger partial charge on any atom is -0.497 e. The Morgan fingerprint density at radius 1 is 0.489 bits per heavy atom. The molecule has 90 heavy (non-hydrogen) atoms. The van der Waals surface area contributed by atoms with Crippen LogP contribution in [0, 0.1) is 0 Å². The van der Waals surface area contributed by atoms with E-state index in [0.717, 1.165) is 84.9 Å². The second kappa shape index (κ2) is 45.6. The van der Waals surface area contributed by atoms with Crippen molar-refractivity contribution in [2.75, 3.05) is 20.3 Å². The van der Waals surface area contributed by atoms with Crippen LogP contribution in [0.1, 0.15) is 222 Å². The maximum absolute atomic E-state index is 14.9. The highest BCUT2D eigenvalue weighted by atomic mass is 16.6. The van der Waals surface area contributed by atoms with Crippen molar-refractivity contribution in [2.24, 2.45) is 0 Å². The summed E-state index contributed by atoms with van der Waals surface area (Å²) in [5.41, 5.74) is 3.18. The van der Waals surface area contributed by atoms with E-state index in [-0.39, 0.29) is 45.4 Å². The summed E-state index contributed by atoms with van der Waals surface area (Å²) in [6.45, 7) is 7.58. The molecule has 0 saturated carbocycles. The molecule has 0 aromatic heterocycles. The van der Waals surface area contributed by atoms with Crippen LogP contribution in [0.3, 0.4) is 0 Å². The number of carbonyl (C=O) groups is 2. The lowest BCUT2D eigenvalue weighted by atomic mass is 9.77. The van der Waals surface area contributed by atoms with Crippen molar-refractivity contribution < 1.29 is 47.5 Å². The third-order valence-corrected chi connectivity index (χ3v) is 17.4. The molecule has 2 unspecified atom stereocenters. The molecule has 1 heterocycles. The molecule has 0 spiro atoms. The second-order valence-electron chi connectivity index (χ2n) is 24.9. The standard InChI is InChI=1S/C79H113NO10/c1-5-7-9-11-13-15-17-19-21-23-25-27-41-51-74(82)80-73(56-58-84-59-70-52-54-71(83-4)55-53-70)79(90-65(3)81,57-42-28-26-24-22-20-18-16-14-12-10-8-6-2)78-77(88-63-69-49-39-32-40-50-69)76(87-62-68-47-37-31-38-48-68)75(86-61-67-45-35-30-36-46-67)72(89-78)64-85-60-66-43-33-29-34-44-66/h29-40,42-50,52-55,57,72-73,75-78H,5-28,41,51,56,58-64H2,1-4H3,(H,80,82)/b57-42+/t72-,73?,75+,76+,77-,78-,79?/m1/s1. The molecule has 1 amide bonds. The number of amides is 1. The van der Waals surface area contributed by atoms with Gasteiger partial charge in [-0.05, 0) is 71.7 Å². The van der Waals surface area contributed by atoms with Crippen molar-refractivity contribution in [3.05, 3.63) is 186 Å². The SMILES string of the molecule is CCCCCCCCCCCCC/C=C/C(OC(C)=O)(C(CCOCc1ccc(OC)cc1)NC(=O)CCCCCCCCCCCCCCC)[C@@H]1O[C@H](COCc2ccccc2)[C@H](OCc2ccccc2)[C@H](OCc2ccccc2)[C@H]1OCc1ccccc1. The molecule has 1 aliphatic heterocycles. The summed E-state index contributed by atoms with van der Waals surface area (Å²) in [6, 6.07) is 47.3. The topological polar surface area (TPSA) is 120 Å². The Balaban J connectivity index is 1.40. The zero-order valence-corrected chi connectivity index (χ0v) is 55.6. The molecule has 0 bridgehead atoms. The van der Waals surface area contributed by atoms with E-state index in [1.54, 1.807) is 7.11 Å². The van der Waals surface area contributed by atoms with Gasteiger partial charge in [-0.2, -0.15) is 0 Å². The van der Waals surface area contributed by atoms with Gasteiger partial charge in [0, 0.05) is 20.0 Å². The molecule has 11 heteroatoms. The van der Waals surface area contributed by atoms with Gasteiger partial charge in [0.2, 0.25) is 5.91 Å². The molecular formula is C79H113NO10. The van der Waals surface area contributed by atoms with Gasteiger partial charge in [0.25, 0.3) is 0 Å². The van der Waals surface area contributed by atoms with Gasteiger partial charge in [0.1, 0.15) is 36.3 Å². The van der Waals surface area contributed by atoms with Crippen molar-refractivity contribution in [3.8, 4) is 5.75 Å². The van der Waals surface area contributed by atoms with Crippen LogP contribution in [0.4, 0.5) is 0 Å². The Morgan fingerprint density at radius 2 is 0.900 bits per heavy atom. The smallest absolute Gasteiger partial charge is 0.303 e. The lowest BCUT2D eigenvalue weighted by Crippen LogP contribution is -2.71. The summed E-state index contributed by atoms with van der Waals surface area (Å²) >= 11 is 0. The molecule has 1 aliphatic rings. The number of hydrogen-bond acceptors (Lipinski definition) is 10. The Morgan fingerprint density at radius 3 is 1.37 bits per heavy atom. The number of nitrogens with one attached hydrogen (secondary N) is 1. The van der Waals surface area contributed by atoms with E-state index in [9.17, 15) is 9.59 Å². The van der Waals surface area contributed by atoms with Crippen molar-refractivity contribution in [2.45, 2.75) is 269 Å². The van der Waals surface area contributed by atoms with Crippen molar-refractivity contribution in [3.63, 3.8) is 0 Å². The summed E-state index contributed by atoms with van der Waals surface area (Å²) in [6.07, 6.45) is 30.1. The number of carbonyl (C=O) groups excluding carboxylic acids is 2. The molecule has 1 fully saturated rings. The molecule has 1 saturated heterocycles. The monoisotopic (exact) mass is 1240 g/mol. The van der Waals surface area contributed by atoms with Gasteiger partial charge < -0.3 is 43.2 Å². The van der Waals surface area contributed by atoms with Crippen molar-refractivity contribution >= 4 is 11.9 Å². The Bertz CT molecular complexity index is 2600. The predicted octanol–water partition coefficient (Wildman–Crippen LogP) is 18.9. The lowest BCUT2D eigenvalue weighted by Gasteiger charge is -2.53. The quantitative estimate of drug-likeness (QED) is 0.0229. The fraction of sp³-hybridized carbons (Fsp3) is 0.570. The fourth-order valence-electron chi connectivity index (χ4n) is 12.3. The summed E-state index contributed by atoms with van der Waals surface area (Å²) in [5.74, 6) is 0.0979. The van der Waals surface area contributed by atoms with Gasteiger partial charge in [0.15, 0.2) is 5.60 Å². The average Bonchev–Trinajstić information content (AvgIpc) is 0.757. The van der Waals surface area contributed by atoms with Gasteiger partial charge in [-0.1, -0.05) is 295 Å². The Kier molecular flexibility index (Phi) is 37.2. The summed E-state index contributed by atoms with van der Waals surface area (Å²) in [7, 11) is 1.66. The molecule has 0 aliphatic carbocycles. The zero-order chi connectivity index (χ0) is 63.4. The van der Waals surface area contributed by atoms with E-state index >= 15 is 0 Å². The Hall–Kier alpha value is -5.66. The van der Waals surface area contributed by atoms with Crippen LogP contribution in [-0.4, -0.2) is 74.4 Å². The molecule has 6 rings (SSSR count). The first-order valence-electron chi connectivity index (χ1n) is 34.9. The molecule has 0 radical (unpaired) electrons. The number of methoxy groups -OCH3 is 1. The van der Waals surface area contributed by atoms with E-state index < -0.39 is 48.1 Å². The number of ether oxygens (including phenoxy) is 8. The van der Waals surface area contributed by atoms with E-state index in [2.05, 4.69) is 25.2 Å². The summed E-state index contributed by atoms with van der Waals surface area (Å²) < 4.78 is 55.2. The highest BCUT2D eigenvalue weighted by Crippen LogP contribution is 2.41. The number of esters is 1. The molecule has 7 atom stereocenters. The molecule has 494 valence electrons. The third-order valence-electron chi connectivity index (χ3n) is 17.4. The molecular weight excluding hydrogens is 1120 g/mol. The highest BCUT2D eigenvalue weighted by Gasteiger charge is 2.60. The summed E-state index contributed by atoms with van der Waals surface area (Å²) in [5, 5.41) is 3.52. The maximum Gasteiger partial charge on any atom is 0.303 e. The van der Waals surface area contributed by atoms with E-state index in [1.807, 2.05) is 152 Å². The van der Waals surface area contributed by atoms with Crippen LogP contribution < -0.4 is 10.1 Å². The fourth-order valence-corrected chi connectivity index (χ4v) is 12.3. The third kappa shape index (κ3) is 28.5. The Labute approximate surface area is 543 Å². The number of unbranched alkanes of at least 4 members (excludes halogenated alkanes) is 23. The normalized spacial score (nSPS) is 17.7. The lowest BCUT2D eigenvalue weighted by molar-refractivity contribution is -0.300. The largest absolute Gasteiger partial charge is 0.497 e. The van der Waals surface area contributed by atoms with Gasteiger partial charge in [0.05, 0.1) is 52.8 Å². The van der Waals surface area contributed by atoms with E-state index in [1.165, 1.54) is 116 Å². The van der Waals surface area contributed by atoms with Crippen LogP contribution in [0.5, 0.6) is 5.75 Å². The zero-order valence-electron chi connectivity index (χ0n) is 55.6. The number of rotatable bonds is 50. The van der Waals surface area contributed by atoms with Crippen LogP contribution in [-0.2, 0) is 75.8 Å². The second-order valence-corrected chi connectivity index (χ2v) is 24.9. The first-order chi connectivity index (χ1) is 44.3. The van der Waals surface area contributed by atoms with E-state index in [0.29, 0.717) is 19.6 Å². The van der Waals surface area contributed by atoms with E-state index in [4.69, 9.17) is 37.9 Å². The van der Waals surface area contributed by atoms with Crippen LogP contribution in [0.2, 0.25) is 0 Å². The number of benzene rings is 5. The van der Waals surface area contributed by atoms with Crippen molar-refractivity contribution in [1.29, 1.82) is 0 Å². The number of allylic oxidation sites excluding steroid dienone is 1. The first-order valence-corrected chi connectivity index (χ1v) is 34.9. The van der Waals surface area contributed by atoms with Crippen LogP contribution >= 0.6 is 0 Å². The first kappa shape index (κ1) is 73.4. The molecule has 1 N–H and O–H groups in total. The van der Waals surface area contributed by atoms with Gasteiger partial charge >= 0.3 is 5.97 Å². The van der Waals surface area contributed by atoms with Crippen LogP contribution in [0.25, 0.3) is 0 Å². The minimum atomic E-state index is -1.68. The van der Waals surface area contributed by atoms with Gasteiger partial charge in [-0.15, -0.1) is 0 Å². The molecule has 5 aromatic rings. The van der Waals surface area contributed by atoms with Gasteiger partial charge in [-0.25, -0.2) is 0 Å². The van der Waals surface area contributed by atoms with Crippen LogP contribution in [0.15, 0.2) is 158 Å². The summed E-state index contributed by atoms with van der Waals surface area (Å²) in [4.78, 5) is 29.4. The average molecular weight is 1240 g/mol. The molecule has 11 nitrogen and oxygen atoms in total.